The van der Waals surface area contributed by atoms with Crippen molar-refractivity contribution in [2.75, 3.05) is 13.6 Å². The summed E-state index contributed by atoms with van der Waals surface area (Å²) in [6, 6.07) is 0.586. The van der Waals surface area contributed by atoms with Crippen LogP contribution in [-0.4, -0.2) is 37.0 Å². The van der Waals surface area contributed by atoms with Crippen LogP contribution in [0.3, 0.4) is 0 Å². The predicted molar refractivity (Wildman–Crippen MR) is 56.4 cm³/mol. The third kappa shape index (κ3) is 1.77. The van der Waals surface area contributed by atoms with Crippen LogP contribution < -0.4 is 0 Å². The van der Waals surface area contributed by atoms with Gasteiger partial charge in [0, 0.05) is 29.9 Å². The molecule has 0 aliphatic carbocycles. The molecule has 0 spiro atoms. The van der Waals surface area contributed by atoms with Crippen LogP contribution in [0.5, 0.6) is 0 Å². The zero-order chi connectivity index (χ0) is 9.97. The van der Waals surface area contributed by atoms with Crippen molar-refractivity contribution in [2.24, 2.45) is 10.9 Å². The minimum atomic E-state index is 0.438. The van der Waals surface area contributed by atoms with E-state index in [4.69, 9.17) is 0 Å². The van der Waals surface area contributed by atoms with Crippen LogP contribution in [0.1, 0.15) is 19.3 Å². The lowest BCUT2D eigenvalue weighted by atomic mass is 9.91. The van der Waals surface area contributed by atoms with Gasteiger partial charge in [0.1, 0.15) is 6.29 Å². The van der Waals surface area contributed by atoms with Gasteiger partial charge in [-0.1, -0.05) is 0 Å². The Labute approximate surface area is 84.5 Å². The fraction of sp³-hybridized carbons (Fsp3) is 0.636. The number of hydrogen-bond donors (Lipinski definition) is 0. The van der Waals surface area contributed by atoms with Crippen molar-refractivity contribution in [1.82, 2.24) is 4.90 Å². The normalized spacial score (nSPS) is 33.1. The molecule has 1 unspecified atom stereocenters. The standard InChI is InChI=1S/C11H16N2O/c1-13-4-2-3-11(13)10-5-9(8-14)6-12-7-10/h6-8,10-11H,2-5H2,1H3/t10?,11-/m0/s1. The van der Waals surface area contributed by atoms with Gasteiger partial charge in [-0.25, -0.2) is 0 Å². The molecule has 0 aromatic heterocycles. The molecule has 2 aliphatic rings. The molecule has 2 heterocycles. The molecule has 0 radical (unpaired) electrons. The average molecular weight is 192 g/mol. The SMILES string of the molecule is CN1CCC[C@H]1C1C=NC=C(C=O)C1. The first kappa shape index (κ1) is 9.59. The van der Waals surface area contributed by atoms with E-state index >= 15 is 0 Å². The lowest BCUT2D eigenvalue weighted by Crippen LogP contribution is -2.34. The fourth-order valence-corrected chi connectivity index (χ4v) is 2.42. The second kappa shape index (κ2) is 4.05. The molecule has 76 valence electrons. The Bertz CT molecular complexity index is 283. The molecule has 0 saturated carbocycles. The van der Waals surface area contributed by atoms with E-state index in [-0.39, 0.29) is 0 Å². The summed E-state index contributed by atoms with van der Waals surface area (Å²) in [7, 11) is 2.16. The minimum Gasteiger partial charge on any atom is -0.303 e. The Morgan fingerprint density at radius 2 is 2.50 bits per heavy atom. The maximum Gasteiger partial charge on any atom is 0.147 e. The summed E-state index contributed by atoms with van der Waals surface area (Å²) in [4.78, 5) is 17.2. The van der Waals surface area contributed by atoms with Crippen molar-refractivity contribution in [2.45, 2.75) is 25.3 Å². The largest absolute Gasteiger partial charge is 0.303 e. The van der Waals surface area contributed by atoms with Crippen LogP contribution in [0.25, 0.3) is 0 Å². The number of nitrogens with zero attached hydrogens (tertiary/aromatic N) is 2. The van der Waals surface area contributed by atoms with Gasteiger partial charge in [0.05, 0.1) is 0 Å². The molecule has 3 nitrogen and oxygen atoms in total. The zero-order valence-electron chi connectivity index (χ0n) is 8.52. The Hall–Kier alpha value is -0.960. The van der Waals surface area contributed by atoms with Gasteiger partial charge in [-0.05, 0) is 32.9 Å². The van der Waals surface area contributed by atoms with E-state index in [1.807, 2.05) is 6.21 Å². The van der Waals surface area contributed by atoms with Crippen molar-refractivity contribution >= 4 is 12.5 Å². The molecule has 0 aromatic carbocycles. The first-order chi connectivity index (χ1) is 6.81. The van der Waals surface area contributed by atoms with E-state index < -0.39 is 0 Å². The second-order valence-electron chi connectivity index (χ2n) is 4.18. The summed E-state index contributed by atoms with van der Waals surface area (Å²) in [5.74, 6) is 0.438. The molecule has 14 heavy (non-hydrogen) atoms. The summed E-state index contributed by atoms with van der Waals surface area (Å²) < 4.78 is 0. The molecule has 1 saturated heterocycles. The third-order valence-corrected chi connectivity index (χ3v) is 3.21. The zero-order valence-corrected chi connectivity index (χ0v) is 8.52. The summed E-state index contributed by atoms with van der Waals surface area (Å²) in [6.45, 7) is 1.18. The monoisotopic (exact) mass is 192 g/mol. The quantitative estimate of drug-likeness (QED) is 0.617. The van der Waals surface area contributed by atoms with E-state index in [1.165, 1.54) is 19.4 Å². The Kier molecular flexibility index (Phi) is 2.77. The first-order valence-electron chi connectivity index (χ1n) is 5.19. The van der Waals surface area contributed by atoms with Crippen LogP contribution in [-0.2, 0) is 4.79 Å². The van der Waals surface area contributed by atoms with Gasteiger partial charge < -0.3 is 4.90 Å². The Balaban J connectivity index is 2.03. The van der Waals surface area contributed by atoms with E-state index in [0.717, 1.165) is 18.3 Å². The van der Waals surface area contributed by atoms with Crippen molar-refractivity contribution in [1.29, 1.82) is 0 Å². The predicted octanol–water partition coefficient (Wildman–Crippen LogP) is 1.25. The van der Waals surface area contributed by atoms with Crippen LogP contribution in [0.2, 0.25) is 0 Å². The van der Waals surface area contributed by atoms with Gasteiger partial charge in [0.25, 0.3) is 0 Å². The molecule has 2 atom stereocenters. The van der Waals surface area contributed by atoms with Gasteiger partial charge in [0.2, 0.25) is 0 Å². The second-order valence-corrected chi connectivity index (χ2v) is 4.18. The van der Waals surface area contributed by atoms with Crippen LogP contribution in [0, 0.1) is 5.92 Å². The van der Waals surface area contributed by atoms with Gasteiger partial charge in [-0.3, -0.25) is 9.79 Å². The minimum absolute atomic E-state index is 0.438. The third-order valence-electron chi connectivity index (χ3n) is 3.21. The summed E-state index contributed by atoms with van der Waals surface area (Å²) >= 11 is 0. The number of carbonyl (C=O) groups is 1. The highest BCUT2D eigenvalue weighted by Crippen LogP contribution is 2.27. The van der Waals surface area contributed by atoms with Crippen molar-refractivity contribution < 1.29 is 4.79 Å². The molecular weight excluding hydrogens is 176 g/mol. The van der Waals surface area contributed by atoms with E-state index in [2.05, 4.69) is 16.9 Å². The molecule has 2 rings (SSSR count). The van der Waals surface area contributed by atoms with Crippen molar-refractivity contribution in [3.8, 4) is 0 Å². The summed E-state index contributed by atoms with van der Waals surface area (Å²) in [5, 5.41) is 0. The molecule has 2 aliphatic heterocycles. The van der Waals surface area contributed by atoms with Crippen LogP contribution >= 0.6 is 0 Å². The number of rotatable bonds is 2. The summed E-state index contributed by atoms with van der Waals surface area (Å²) in [5.41, 5.74) is 0.831. The van der Waals surface area contributed by atoms with Crippen LogP contribution in [0.15, 0.2) is 16.8 Å². The topological polar surface area (TPSA) is 32.7 Å². The molecule has 0 aromatic rings. The van der Waals surface area contributed by atoms with Crippen molar-refractivity contribution in [3.63, 3.8) is 0 Å². The van der Waals surface area contributed by atoms with Crippen LogP contribution in [0.4, 0.5) is 0 Å². The van der Waals surface area contributed by atoms with Gasteiger partial charge in [-0.15, -0.1) is 0 Å². The highest BCUT2D eigenvalue weighted by molar-refractivity contribution is 5.77. The molecular formula is C11H16N2O. The molecule has 0 amide bonds. The van der Waals surface area contributed by atoms with E-state index in [0.29, 0.717) is 12.0 Å². The smallest absolute Gasteiger partial charge is 0.147 e. The molecule has 3 heteroatoms. The lowest BCUT2D eigenvalue weighted by molar-refractivity contribution is -0.105. The van der Waals surface area contributed by atoms with Gasteiger partial charge in [-0.2, -0.15) is 0 Å². The number of likely N-dealkylation sites (tertiary alicyclic amines) is 1. The highest BCUT2D eigenvalue weighted by Gasteiger charge is 2.29. The lowest BCUT2D eigenvalue weighted by Gasteiger charge is -2.27. The maximum atomic E-state index is 10.6. The van der Waals surface area contributed by atoms with E-state index in [9.17, 15) is 4.79 Å². The fourth-order valence-electron chi connectivity index (χ4n) is 2.42. The molecule has 0 bridgehead atoms. The Morgan fingerprint density at radius 3 is 3.14 bits per heavy atom. The number of carbonyl (C=O) groups excluding carboxylic acids is 1. The molecule has 1 fully saturated rings. The number of hydrogen-bond acceptors (Lipinski definition) is 3. The number of aliphatic imine (C=N–C) groups is 1. The number of aldehydes is 1. The van der Waals surface area contributed by atoms with E-state index in [1.54, 1.807) is 6.20 Å². The molecule has 0 N–H and O–H groups in total. The first-order valence-corrected chi connectivity index (χ1v) is 5.19. The average Bonchev–Trinajstić information content (AvgIpc) is 2.65. The van der Waals surface area contributed by atoms with Gasteiger partial charge >= 0.3 is 0 Å². The Morgan fingerprint density at radius 1 is 1.64 bits per heavy atom. The number of allylic oxidation sites excluding steroid dienone is 1. The summed E-state index contributed by atoms with van der Waals surface area (Å²) in [6.07, 6.45) is 7.98. The van der Waals surface area contributed by atoms with Gasteiger partial charge in [0.15, 0.2) is 0 Å². The maximum absolute atomic E-state index is 10.6. The van der Waals surface area contributed by atoms with Crippen molar-refractivity contribution in [3.05, 3.63) is 11.8 Å². The highest BCUT2D eigenvalue weighted by atomic mass is 16.1.